The molecule has 4 rings (SSSR count). The second-order valence-corrected chi connectivity index (χ2v) is 8.69. The largest absolute Gasteiger partial charge is 0.388 e. The summed E-state index contributed by atoms with van der Waals surface area (Å²) in [5.74, 6) is -0.105. The predicted octanol–water partition coefficient (Wildman–Crippen LogP) is 4.72. The zero-order valence-electron chi connectivity index (χ0n) is 15.7. The summed E-state index contributed by atoms with van der Waals surface area (Å²) in [5.41, 5.74) is 1.91. The van der Waals surface area contributed by atoms with Gasteiger partial charge in [0, 0.05) is 33.4 Å². The Hall–Kier alpha value is -2.30. The maximum atomic E-state index is 13.4. The molecule has 0 bridgehead atoms. The zero-order chi connectivity index (χ0) is 19.4. The number of halogens is 1. The van der Waals surface area contributed by atoms with Gasteiger partial charge in [-0.15, -0.1) is 0 Å². The SMILES string of the molecule is CC1(C)CN(C(=O)c2[nH]c3ccc(Cl)cc3c2-c2ccccc2)C[C@@]1(C)O. The van der Waals surface area contributed by atoms with Crippen LogP contribution in [0, 0.1) is 5.41 Å². The quantitative estimate of drug-likeness (QED) is 0.673. The van der Waals surface area contributed by atoms with Gasteiger partial charge in [-0.05, 0) is 30.7 Å². The van der Waals surface area contributed by atoms with Crippen LogP contribution in [0.15, 0.2) is 48.5 Å². The smallest absolute Gasteiger partial charge is 0.271 e. The van der Waals surface area contributed by atoms with Gasteiger partial charge in [-0.3, -0.25) is 4.79 Å². The molecule has 1 atom stereocenters. The molecule has 1 aliphatic heterocycles. The third kappa shape index (κ3) is 2.93. The van der Waals surface area contributed by atoms with Gasteiger partial charge in [-0.2, -0.15) is 0 Å². The number of likely N-dealkylation sites (tertiary alicyclic amines) is 1. The molecular weight excluding hydrogens is 360 g/mol. The molecule has 0 radical (unpaired) electrons. The van der Waals surface area contributed by atoms with Gasteiger partial charge in [0.15, 0.2) is 0 Å². The summed E-state index contributed by atoms with van der Waals surface area (Å²) in [6.07, 6.45) is 0. The first-order valence-electron chi connectivity index (χ1n) is 9.08. The van der Waals surface area contributed by atoms with Crippen LogP contribution in [0.25, 0.3) is 22.0 Å². The Morgan fingerprint density at radius 3 is 2.44 bits per heavy atom. The second kappa shape index (κ2) is 6.11. The lowest BCUT2D eigenvalue weighted by molar-refractivity contribution is -0.0108. The molecule has 4 nitrogen and oxygen atoms in total. The number of nitrogens with one attached hydrogen (secondary N) is 1. The maximum Gasteiger partial charge on any atom is 0.271 e. The van der Waals surface area contributed by atoms with Gasteiger partial charge in [0.2, 0.25) is 0 Å². The van der Waals surface area contributed by atoms with E-state index in [1.54, 1.807) is 11.8 Å². The standard InChI is InChI=1S/C22H23ClN2O2/c1-21(2)12-25(13-22(21,3)27)20(26)19-18(14-7-5-4-6-8-14)16-11-15(23)9-10-17(16)24-19/h4-11,24,27H,12-13H2,1-3H3/t22-/m1/s1. The average molecular weight is 383 g/mol. The van der Waals surface area contributed by atoms with E-state index >= 15 is 0 Å². The first kappa shape index (κ1) is 18.1. The maximum absolute atomic E-state index is 13.4. The number of carbonyl (C=O) groups is 1. The number of nitrogens with zero attached hydrogens (tertiary/aromatic N) is 1. The van der Waals surface area contributed by atoms with Crippen LogP contribution in [-0.2, 0) is 0 Å². The lowest BCUT2D eigenvalue weighted by atomic mass is 9.79. The Labute approximate surface area is 163 Å². The number of H-pyrrole nitrogens is 1. The molecule has 0 saturated carbocycles. The lowest BCUT2D eigenvalue weighted by Gasteiger charge is -2.30. The van der Waals surface area contributed by atoms with Crippen molar-refractivity contribution in [3.8, 4) is 11.1 Å². The molecule has 2 heterocycles. The normalized spacial score (nSPS) is 21.7. The number of carbonyl (C=O) groups excluding carboxylic acids is 1. The van der Waals surface area contributed by atoms with Crippen molar-refractivity contribution in [1.29, 1.82) is 0 Å². The highest BCUT2D eigenvalue weighted by Crippen LogP contribution is 2.40. The highest BCUT2D eigenvalue weighted by atomic mass is 35.5. The van der Waals surface area contributed by atoms with E-state index in [1.807, 2.05) is 62.4 Å². The number of aromatic amines is 1. The van der Waals surface area contributed by atoms with E-state index in [0.29, 0.717) is 23.8 Å². The predicted molar refractivity (Wildman–Crippen MR) is 109 cm³/mol. The molecule has 3 aromatic rings. The summed E-state index contributed by atoms with van der Waals surface area (Å²) in [5, 5.41) is 12.3. The van der Waals surface area contributed by atoms with E-state index in [9.17, 15) is 9.90 Å². The van der Waals surface area contributed by atoms with Gasteiger partial charge < -0.3 is 15.0 Å². The van der Waals surface area contributed by atoms with Crippen LogP contribution in [0.1, 0.15) is 31.3 Å². The minimum absolute atomic E-state index is 0.105. The van der Waals surface area contributed by atoms with E-state index in [4.69, 9.17) is 11.6 Å². The van der Waals surface area contributed by atoms with Gasteiger partial charge >= 0.3 is 0 Å². The highest BCUT2D eigenvalue weighted by molar-refractivity contribution is 6.31. The molecule has 140 valence electrons. The van der Waals surface area contributed by atoms with Crippen LogP contribution in [0.2, 0.25) is 5.02 Å². The molecule has 0 spiro atoms. The molecule has 1 saturated heterocycles. The fourth-order valence-electron chi connectivity index (χ4n) is 3.82. The Morgan fingerprint density at radius 1 is 1.11 bits per heavy atom. The molecule has 27 heavy (non-hydrogen) atoms. The number of aliphatic hydroxyl groups is 1. The number of aromatic nitrogens is 1. The Kier molecular flexibility index (Phi) is 4.09. The van der Waals surface area contributed by atoms with Gasteiger partial charge in [0.25, 0.3) is 5.91 Å². The van der Waals surface area contributed by atoms with Crippen molar-refractivity contribution in [1.82, 2.24) is 9.88 Å². The number of β-amino-alcohol motifs (C(OH)–C–C–N with tert-alkyl or cyclic N) is 1. The van der Waals surface area contributed by atoms with Crippen LogP contribution < -0.4 is 0 Å². The van der Waals surface area contributed by atoms with E-state index in [-0.39, 0.29) is 11.3 Å². The summed E-state index contributed by atoms with van der Waals surface area (Å²) in [7, 11) is 0. The van der Waals surface area contributed by atoms with Crippen molar-refractivity contribution in [2.45, 2.75) is 26.4 Å². The van der Waals surface area contributed by atoms with E-state index in [1.165, 1.54) is 0 Å². The van der Waals surface area contributed by atoms with Crippen molar-refractivity contribution in [3.05, 3.63) is 59.2 Å². The Bertz CT molecular complexity index is 1010. The summed E-state index contributed by atoms with van der Waals surface area (Å²) in [6, 6.07) is 15.4. The molecule has 2 aromatic carbocycles. The van der Waals surface area contributed by atoms with E-state index in [0.717, 1.165) is 22.0 Å². The van der Waals surface area contributed by atoms with Crippen LogP contribution >= 0.6 is 11.6 Å². The summed E-state index contributed by atoms with van der Waals surface area (Å²) >= 11 is 6.23. The Balaban J connectivity index is 1.86. The summed E-state index contributed by atoms with van der Waals surface area (Å²) in [4.78, 5) is 18.4. The number of rotatable bonds is 2. The summed E-state index contributed by atoms with van der Waals surface area (Å²) < 4.78 is 0. The van der Waals surface area contributed by atoms with Crippen LogP contribution in [0.4, 0.5) is 0 Å². The van der Waals surface area contributed by atoms with Gasteiger partial charge in [0.05, 0.1) is 12.1 Å². The molecule has 1 aromatic heterocycles. The molecule has 1 amide bonds. The number of benzene rings is 2. The fraction of sp³-hybridized carbons (Fsp3) is 0.318. The van der Waals surface area contributed by atoms with Crippen LogP contribution in [0.3, 0.4) is 0 Å². The van der Waals surface area contributed by atoms with Gasteiger partial charge in [0.1, 0.15) is 5.69 Å². The minimum Gasteiger partial charge on any atom is -0.388 e. The van der Waals surface area contributed by atoms with E-state index in [2.05, 4.69) is 4.98 Å². The molecule has 1 aliphatic rings. The van der Waals surface area contributed by atoms with Crippen molar-refractivity contribution in [2.24, 2.45) is 5.41 Å². The minimum atomic E-state index is -0.926. The average Bonchev–Trinajstić information content (AvgIpc) is 3.09. The molecule has 1 fully saturated rings. The molecule has 5 heteroatoms. The topological polar surface area (TPSA) is 56.3 Å². The van der Waals surface area contributed by atoms with Crippen molar-refractivity contribution in [2.75, 3.05) is 13.1 Å². The van der Waals surface area contributed by atoms with Gasteiger partial charge in [-0.25, -0.2) is 0 Å². The number of amides is 1. The molecule has 0 aliphatic carbocycles. The number of hydrogen-bond donors (Lipinski definition) is 2. The highest BCUT2D eigenvalue weighted by Gasteiger charge is 2.49. The molecule has 0 unspecified atom stereocenters. The van der Waals surface area contributed by atoms with Gasteiger partial charge in [-0.1, -0.05) is 55.8 Å². The fourth-order valence-corrected chi connectivity index (χ4v) is 3.99. The van der Waals surface area contributed by atoms with Crippen molar-refractivity contribution < 1.29 is 9.90 Å². The second-order valence-electron chi connectivity index (χ2n) is 8.25. The van der Waals surface area contributed by atoms with Crippen molar-refractivity contribution in [3.63, 3.8) is 0 Å². The van der Waals surface area contributed by atoms with Crippen LogP contribution in [0.5, 0.6) is 0 Å². The monoisotopic (exact) mass is 382 g/mol. The number of hydrogen-bond acceptors (Lipinski definition) is 2. The van der Waals surface area contributed by atoms with E-state index < -0.39 is 5.60 Å². The van der Waals surface area contributed by atoms with Crippen LogP contribution in [-0.4, -0.2) is 39.6 Å². The number of fused-ring (bicyclic) bond motifs is 1. The summed E-state index contributed by atoms with van der Waals surface area (Å²) in [6.45, 7) is 6.59. The third-order valence-corrected chi connectivity index (χ3v) is 6.10. The third-order valence-electron chi connectivity index (χ3n) is 5.87. The lowest BCUT2D eigenvalue weighted by Crippen LogP contribution is -2.40. The zero-order valence-corrected chi connectivity index (χ0v) is 16.5. The first-order valence-corrected chi connectivity index (χ1v) is 9.46. The van der Waals surface area contributed by atoms with Crippen molar-refractivity contribution >= 4 is 28.4 Å². The Morgan fingerprint density at radius 2 is 1.81 bits per heavy atom. The first-order chi connectivity index (χ1) is 12.7. The molecular formula is C22H23ClN2O2. The molecule has 2 N–H and O–H groups in total.